The van der Waals surface area contributed by atoms with Crippen LogP contribution in [0.15, 0.2) is 66.7 Å². The van der Waals surface area contributed by atoms with Gasteiger partial charge in [-0.25, -0.2) is 4.79 Å². The van der Waals surface area contributed by atoms with Gasteiger partial charge in [0.2, 0.25) is 0 Å². The molecule has 2 amide bonds. The molecule has 0 saturated heterocycles. The van der Waals surface area contributed by atoms with Crippen molar-refractivity contribution in [2.75, 3.05) is 16.0 Å². The van der Waals surface area contributed by atoms with Crippen molar-refractivity contribution in [2.24, 2.45) is 0 Å². The summed E-state index contributed by atoms with van der Waals surface area (Å²) in [6.45, 7) is 4.32. The molecule has 132 valence electrons. The van der Waals surface area contributed by atoms with Crippen LogP contribution in [-0.4, -0.2) is 16.2 Å². The largest absolute Gasteiger partial charge is 0.339 e. The van der Waals surface area contributed by atoms with Gasteiger partial charge in [-0.05, 0) is 47.9 Å². The van der Waals surface area contributed by atoms with Gasteiger partial charge in [0.05, 0.1) is 0 Å². The number of anilines is 4. The van der Waals surface area contributed by atoms with E-state index in [4.69, 9.17) is 0 Å². The second-order valence-electron chi connectivity index (χ2n) is 6.15. The zero-order valence-corrected chi connectivity index (χ0v) is 14.7. The van der Waals surface area contributed by atoms with Gasteiger partial charge < -0.3 is 10.6 Å². The number of nitrogens with zero attached hydrogens (tertiary/aromatic N) is 2. The van der Waals surface area contributed by atoms with Crippen molar-refractivity contribution >= 4 is 29.0 Å². The molecule has 0 aliphatic rings. The maximum Gasteiger partial charge on any atom is 0.324 e. The second kappa shape index (κ2) is 8.11. The molecule has 0 bridgehead atoms. The highest BCUT2D eigenvalue weighted by molar-refractivity contribution is 5.99. The molecule has 0 atom stereocenters. The zero-order chi connectivity index (χ0) is 18.4. The predicted molar refractivity (Wildman–Crippen MR) is 105 cm³/mol. The summed E-state index contributed by atoms with van der Waals surface area (Å²) in [5, 5.41) is 16.7. The molecule has 0 unspecified atom stereocenters. The van der Waals surface area contributed by atoms with Crippen LogP contribution in [0.2, 0.25) is 0 Å². The number of hydrogen-bond donors (Lipinski definition) is 3. The van der Waals surface area contributed by atoms with Crippen molar-refractivity contribution in [3.8, 4) is 0 Å². The van der Waals surface area contributed by atoms with Crippen LogP contribution in [0.1, 0.15) is 25.3 Å². The van der Waals surface area contributed by atoms with Gasteiger partial charge >= 0.3 is 6.03 Å². The lowest BCUT2D eigenvalue weighted by Crippen LogP contribution is -2.20. The van der Waals surface area contributed by atoms with E-state index in [1.54, 1.807) is 12.1 Å². The van der Waals surface area contributed by atoms with Gasteiger partial charge in [-0.2, -0.15) is 0 Å². The molecule has 2 aromatic carbocycles. The lowest BCUT2D eigenvalue weighted by Gasteiger charge is -2.09. The van der Waals surface area contributed by atoms with Crippen LogP contribution in [0.4, 0.5) is 27.8 Å². The number of aromatic nitrogens is 2. The Morgan fingerprint density at radius 1 is 0.769 bits per heavy atom. The van der Waals surface area contributed by atoms with Crippen molar-refractivity contribution in [1.82, 2.24) is 10.2 Å². The molecule has 3 N–H and O–H groups in total. The molecular formula is C20H21N5O. The number of carbonyl (C=O) groups is 1. The maximum atomic E-state index is 11.9. The molecule has 3 aromatic rings. The summed E-state index contributed by atoms with van der Waals surface area (Å²) in [5.41, 5.74) is 2.93. The Bertz CT molecular complexity index is 846. The molecule has 6 nitrogen and oxygen atoms in total. The van der Waals surface area contributed by atoms with Gasteiger partial charge in [-0.3, -0.25) is 5.32 Å². The lowest BCUT2D eigenvalue weighted by atomic mass is 10.0. The Morgan fingerprint density at radius 3 is 2.04 bits per heavy atom. The third kappa shape index (κ3) is 4.80. The van der Waals surface area contributed by atoms with Crippen molar-refractivity contribution in [3.63, 3.8) is 0 Å². The van der Waals surface area contributed by atoms with Crippen molar-refractivity contribution in [1.29, 1.82) is 0 Å². The molecule has 0 radical (unpaired) electrons. The Balaban J connectivity index is 1.57. The van der Waals surface area contributed by atoms with E-state index in [-0.39, 0.29) is 6.03 Å². The van der Waals surface area contributed by atoms with E-state index in [1.807, 2.05) is 42.5 Å². The van der Waals surface area contributed by atoms with E-state index < -0.39 is 0 Å². The number of amides is 2. The molecule has 0 fully saturated rings. The fourth-order valence-corrected chi connectivity index (χ4v) is 2.36. The first-order valence-electron chi connectivity index (χ1n) is 8.44. The van der Waals surface area contributed by atoms with Gasteiger partial charge in [0, 0.05) is 11.4 Å². The normalized spacial score (nSPS) is 10.4. The van der Waals surface area contributed by atoms with Gasteiger partial charge in [0.1, 0.15) is 0 Å². The summed E-state index contributed by atoms with van der Waals surface area (Å²) in [6, 6.07) is 20.5. The van der Waals surface area contributed by atoms with Crippen LogP contribution in [0, 0.1) is 0 Å². The molecule has 1 heterocycles. The second-order valence-corrected chi connectivity index (χ2v) is 6.15. The van der Waals surface area contributed by atoms with Crippen LogP contribution in [0.5, 0.6) is 0 Å². The Labute approximate surface area is 152 Å². The number of benzene rings is 2. The SMILES string of the molecule is CC(C)c1ccc(Nc2ccc(NC(=O)Nc3ccccc3)nn2)cc1. The zero-order valence-electron chi connectivity index (χ0n) is 14.7. The topological polar surface area (TPSA) is 78.9 Å². The lowest BCUT2D eigenvalue weighted by molar-refractivity contribution is 0.262. The first-order chi connectivity index (χ1) is 12.6. The molecule has 0 spiro atoms. The summed E-state index contributed by atoms with van der Waals surface area (Å²) in [5.74, 6) is 1.48. The fourth-order valence-electron chi connectivity index (χ4n) is 2.36. The quantitative estimate of drug-likeness (QED) is 0.608. The van der Waals surface area contributed by atoms with Crippen LogP contribution in [-0.2, 0) is 0 Å². The van der Waals surface area contributed by atoms with Crippen molar-refractivity contribution in [3.05, 3.63) is 72.3 Å². The average Bonchev–Trinajstić information content (AvgIpc) is 2.64. The van der Waals surface area contributed by atoms with Gasteiger partial charge in [-0.1, -0.05) is 44.2 Å². The summed E-state index contributed by atoms with van der Waals surface area (Å²) in [6.07, 6.45) is 0. The molecule has 26 heavy (non-hydrogen) atoms. The smallest absolute Gasteiger partial charge is 0.324 e. The van der Waals surface area contributed by atoms with E-state index in [2.05, 4.69) is 52.1 Å². The number of nitrogens with one attached hydrogen (secondary N) is 3. The van der Waals surface area contributed by atoms with Gasteiger partial charge in [0.25, 0.3) is 0 Å². The number of para-hydroxylation sites is 1. The molecule has 1 aromatic heterocycles. The monoisotopic (exact) mass is 347 g/mol. The summed E-state index contributed by atoms with van der Waals surface area (Å²) >= 11 is 0. The molecule has 0 aliphatic heterocycles. The highest BCUT2D eigenvalue weighted by Gasteiger charge is 2.05. The van der Waals surface area contributed by atoms with Crippen LogP contribution >= 0.6 is 0 Å². The van der Waals surface area contributed by atoms with Crippen molar-refractivity contribution < 1.29 is 4.79 Å². The highest BCUT2D eigenvalue weighted by Crippen LogP contribution is 2.19. The number of carbonyl (C=O) groups excluding carboxylic acids is 1. The average molecular weight is 347 g/mol. The third-order valence-electron chi connectivity index (χ3n) is 3.79. The number of rotatable bonds is 5. The summed E-state index contributed by atoms with van der Waals surface area (Å²) in [4.78, 5) is 11.9. The number of hydrogen-bond acceptors (Lipinski definition) is 4. The minimum atomic E-state index is -0.365. The van der Waals surface area contributed by atoms with Gasteiger partial charge in [0.15, 0.2) is 11.6 Å². The first-order valence-corrected chi connectivity index (χ1v) is 8.44. The fraction of sp³-hybridized carbons (Fsp3) is 0.150. The summed E-state index contributed by atoms with van der Waals surface area (Å²) < 4.78 is 0. The molecule has 3 rings (SSSR count). The van der Waals surface area contributed by atoms with Crippen LogP contribution in [0.3, 0.4) is 0 Å². The van der Waals surface area contributed by atoms with E-state index in [1.165, 1.54) is 5.56 Å². The Hall–Kier alpha value is -3.41. The molecule has 0 aliphatic carbocycles. The summed E-state index contributed by atoms with van der Waals surface area (Å²) in [7, 11) is 0. The van der Waals surface area contributed by atoms with Gasteiger partial charge in [-0.15, -0.1) is 10.2 Å². The van der Waals surface area contributed by atoms with Crippen LogP contribution in [0.25, 0.3) is 0 Å². The Morgan fingerprint density at radius 2 is 1.42 bits per heavy atom. The minimum Gasteiger partial charge on any atom is -0.339 e. The number of urea groups is 1. The third-order valence-corrected chi connectivity index (χ3v) is 3.79. The maximum absolute atomic E-state index is 11.9. The van der Waals surface area contributed by atoms with E-state index in [9.17, 15) is 4.79 Å². The van der Waals surface area contributed by atoms with E-state index >= 15 is 0 Å². The molecular weight excluding hydrogens is 326 g/mol. The van der Waals surface area contributed by atoms with Crippen molar-refractivity contribution in [2.45, 2.75) is 19.8 Å². The standard InChI is InChI=1S/C20H21N5O/c1-14(2)15-8-10-17(11-9-15)21-18-12-13-19(25-24-18)23-20(26)22-16-6-4-3-5-7-16/h3-14H,1-2H3,(H,21,24)(H2,22,23,25,26). The van der Waals surface area contributed by atoms with E-state index in [0.29, 0.717) is 23.2 Å². The van der Waals surface area contributed by atoms with E-state index in [0.717, 1.165) is 5.69 Å². The first kappa shape index (κ1) is 17.4. The molecule has 6 heteroatoms. The molecule has 0 saturated carbocycles. The highest BCUT2D eigenvalue weighted by atomic mass is 16.2. The van der Waals surface area contributed by atoms with Crippen LogP contribution < -0.4 is 16.0 Å². The predicted octanol–water partition coefficient (Wildman–Crippen LogP) is 4.99. The Kier molecular flexibility index (Phi) is 5.43. The minimum absolute atomic E-state index is 0.365.